The molecule has 0 spiro atoms. The molecule has 0 radical (unpaired) electrons. The molecule has 0 bridgehead atoms. The second-order valence-corrected chi connectivity index (χ2v) is 5.92. The summed E-state index contributed by atoms with van der Waals surface area (Å²) in [6.07, 6.45) is 0.324. The van der Waals surface area contributed by atoms with Crippen LogP contribution in [0, 0.1) is 10.5 Å². The van der Waals surface area contributed by atoms with Gasteiger partial charge in [-0.05, 0) is 64.9 Å². The van der Waals surface area contributed by atoms with Crippen LogP contribution < -0.4 is 5.32 Å². The van der Waals surface area contributed by atoms with Gasteiger partial charge in [-0.15, -0.1) is 0 Å². The number of aryl methyl sites for hydroxylation is 1. The van der Waals surface area contributed by atoms with Gasteiger partial charge in [0.1, 0.15) is 0 Å². The molecular formula is C15H13ClINO. The Kier molecular flexibility index (Phi) is 4.82. The first-order chi connectivity index (χ1) is 9.04. The molecule has 0 saturated heterocycles. The van der Waals surface area contributed by atoms with Gasteiger partial charge >= 0.3 is 0 Å². The summed E-state index contributed by atoms with van der Waals surface area (Å²) in [5.41, 5.74) is 2.93. The molecule has 2 nitrogen and oxygen atoms in total. The summed E-state index contributed by atoms with van der Waals surface area (Å²) in [4.78, 5) is 11.9. The summed E-state index contributed by atoms with van der Waals surface area (Å²) in [7, 11) is 0. The fourth-order valence-corrected chi connectivity index (χ4v) is 2.44. The molecule has 0 aliphatic carbocycles. The number of hydrogen-bond donors (Lipinski definition) is 1. The Morgan fingerprint density at radius 3 is 2.74 bits per heavy atom. The van der Waals surface area contributed by atoms with Crippen LogP contribution in [-0.2, 0) is 11.2 Å². The number of anilines is 1. The number of nitrogens with one attached hydrogen (secondary N) is 1. The summed E-state index contributed by atoms with van der Waals surface area (Å²) in [6, 6.07) is 13.2. The highest BCUT2D eigenvalue weighted by Crippen LogP contribution is 2.17. The smallest absolute Gasteiger partial charge is 0.228 e. The lowest BCUT2D eigenvalue weighted by Crippen LogP contribution is -2.14. The zero-order valence-corrected chi connectivity index (χ0v) is 13.3. The fraction of sp³-hybridized carbons (Fsp3) is 0.133. The van der Waals surface area contributed by atoms with Crippen molar-refractivity contribution in [3.63, 3.8) is 0 Å². The topological polar surface area (TPSA) is 29.1 Å². The average molecular weight is 386 g/mol. The molecule has 0 aliphatic rings. The van der Waals surface area contributed by atoms with Crippen molar-refractivity contribution < 1.29 is 4.79 Å². The van der Waals surface area contributed by atoms with Crippen LogP contribution in [0.3, 0.4) is 0 Å². The van der Waals surface area contributed by atoms with Gasteiger partial charge in [-0.25, -0.2) is 0 Å². The van der Waals surface area contributed by atoms with E-state index in [1.165, 1.54) is 5.56 Å². The van der Waals surface area contributed by atoms with Crippen molar-refractivity contribution in [1.29, 1.82) is 0 Å². The van der Waals surface area contributed by atoms with E-state index in [1.54, 1.807) is 12.1 Å². The van der Waals surface area contributed by atoms with Crippen molar-refractivity contribution in [2.75, 3.05) is 5.32 Å². The number of carbonyl (C=O) groups excluding carboxylic acids is 1. The zero-order chi connectivity index (χ0) is 13.8. The molecule has 0 heterocycles. The largest absolute Gasteiger partial charge is 0.326 e. The highest BCUT2D eigenvalue weighted by Gasteiger charge is 2.05. The first-order valence-corrected chi connectivity index (χ1v) is 7.31. The van der Waals surface area contributed by atoms with Crippen LogP contribution in [0.25, 0.3) is 0 Å². The zero-order valence-electron chi connectivity index (χ0n) is 10.4. The van der Waals surface area contributed by atoms with E-state index in [4.69, 9.17) is 11.6 Å². The van der Waals surface area contributed by atoms with E-state index in [2.05, 4.69) is 27.9 Å². The van der Waals surface area contributed by atoms with Crippen LogP contribution in [0.1, 0.15) is 11.1 Å². The molecule has 2 rings (SSSR count). The average Bonchev–Trinajstić information content (AvgIpc) is 2.34. The maximum Gasteiger partial charge on any atom is 0.228 e. The minimum Gasteiger partial charge on any atom is -0.326 e. The van der Waals surface area contributed by atoms with Gasteiger partial charge in [0.15, 0.2) is 0 Å². The normalized spacial score (nSPS) is 10.3. The SMILES string of the molecule is Cc1ccc(NC(=O)Cc2cccc(Cl)c2)cc1I. The summed E-state index contributed by atoms with van der Waals surface area (Å²) < 4.78 is 1.14. The van der Waals surface area contributed by atoms with Gasteiger partial charge in [-0.1, -0.05) is 29.8 Å². The lowest BCUT2D eigenvalue weighted by molar-refractivity contribution is -0.115. The molecule has 0 aromatic heterocycles. The number of amides is 1. The minimum absolute atomic E-state index is 0.0399. The van der Waals surface area contributed by atoms with E-state index in [0.717, 1.165) is 14.8 Å². The van der Waals surface area contributed by atoms with Crippen molar-refractivity contribution in [2.24, 2.45) is 0 Å². The Morgan fingerprint density at radius 1 is 1.26 bits per heavy atom. The molecule has 1 amide bonds. The number of halogens is 2. The third-order valence-corrected chi connectivity index (χ3v) is 4.11. The Hall–Kier alpha value is -1.07. The van der Waals surface area contributed by atoms with Crippen molar-refractivity contribution in [2.45, 2.75) is 13.3 Å². The highest BCUT2D eigenvalue weighted by atomic mass is 127. The maximum absolute atomic E-state index is 11.9. The highest BCUT2D eigenvalue weighted by molar-refractivity contribution is 14.1. The molecule has 2 aromatic rings. The minimum atomic E-state index is -0.0399. The standard InChI is InChI=1S/C15H13ClINO/c1-10-5-6-13(9-14(10)17)18-15(19)8-11-3-2-4-12(16)7-11/h2-7,9H,8H2,1H3,(H,18,19). The van der Waals surface area contributed by atoms with Crippen molar-refractivity contribution >= 4 is 45.8 Å². The molecule has 0 saturated carbocycles. The molecule has 0 fully saturated rings. The van der Waals surface area contributed by atoms with Gasteiger partial charge in [-0.2, -0.15) is 0 Å². The number of rotatable bonds is 3. The molecule has 19 heavy (non-hydrogen) atoms. The molecule has 4 heteroatoms. The van der Waals surface area contributed by atoms with Crippen LogP contribution in [0.15, 0.2) is 42.5 Å². The van der Waals surface area contributed by atoms with Crippen LogP contribution >= 0.6 is 34.2 Å². The van der Waals surface area contributed by atoms with E-state index in [1.807, 2.05) is 37.3 Å². The molecule has 1 N–H and O–H groups in total. The van der Waals surface area contributed by atoms with Crippen molar-refractivity contribution in [1.82, 2.24) is 0 Å². The Balaban J connectivity index is 2.03. The monoisotopic (exact) mass is 385 g/mol. The molecule has 0 aliphatic heterocycles. The van der Waals surface area contributed by atoms with Gasteiger partial charge in [0, 0.05) is 14.3 Å². The van der Waals surface area contributed by atoms with Gasteiger partial charge in [0.05, 0.1) is 6.42 Å². The number of hydrogen-bond acceptors (Lipinski definition) is 1. The first kappa shape index (κ1) is 14.3. The van der Waals surface area contributed by atoms with E-state index >= 15 is 0 Å². The summed E-state index contributed by atoms with van der Waals surface area (Å²) >= 11 is 8.15. The Bertz CT molecular complexity index is 613. The van der Waals surface area contributed by atoms with E-state index in [9.17, 15) is 4.79 Å². The number of carbonyl (C=O) groups is 1. The third-order valence-electron chi connectivity index (χ3n) is 2.71. The van der Waals surface area contributed by atoms with Gasteiger partial charge < -0.3 is 5.32 Å². The molecule has 0 unspecified atom stereocenters. The van der Waals surface area contributed by atoms with E-state index in [0.29, 0.717) is 11.4 Å². The van der Waals surface area contributed by atoms with Crippen LogP contribution in [0.4, 0.5) is 5.69 Å². The van der Waals surface area contributed by atoms with Gasteiger partial charge in [0.25, 0.3) is 0 Å². The Morgan fingerprint density at radius 2 is 2.05 bits per heavy atom. The lowest BCUT2D eigenvalue weighted by atomic mass is 10.1. The quantitative estimate of drug-likeness (QED) is 0.778. The second-order valence-electron chi connectivity index (χ2n) is 4.32. The van der Waals surface area contributed by atoms with Crippen LogP contribution in [0.5, 0.6) is 0 Å². The van der Waals surface area contributed by atoms with Crippen molar-refractivity contribution in [3.05, 3.63) is 62.2 Å². The maximum atomic E-state index is 11.9. The summed E-state index contributed by atoms with van der Waals surface area (Å²) in [6.45, 7) is 2.04. The van der Waals surface area contributed by atoms with Crippen LogP contribution in [-0.4, -0.2) is 5.91 Å². The van der Waals surface area contributed by atoms with Gasteiger partial charge in [-0.3, -0.25) is 4.79 Å². The molecule has 0 atom stereocenters. The Labute approximate surface area is 131 Å². The summed E-state index contributed by atoms with van der Waals surface area (Å²) in [5, 5.41) is 3.54. The second kappa shape index (κ2) is 6.39. The molecule has 2 aromatic carbocycles. The predicted octanol–water partition coefficient (Wildman–Crippen LogP) is 4.43. The first-order valence-electron chi connectivity index (χ1n) is 5.85. The van der Waals surface area contributed by atoms with Crippen LogP contribution in [0.2, 0.25) is 5.02 Å². The van der Waals surface area contributed by atoms with E-state index < -0.39 is 0 Å². The fourth-order valence-electron chi connectivity index (χ4n) is 1.71. The summed E-state index contributed by atoms with van der Waals surface area (Å²) in [5.74, 6) is -0.0399. The number of benzene rings is 2. The molecule has 98 valence electrons. The predicted molar refractivity (Wildman–Crippen MR) is 87.7 cm³/mol. The van der Waals surface area contributed by atoms with E-state index in [-0.39, 0.29) is 5.91 Å². The lowest BCUT2D eigenvalue weighted by Gasteiger charge is -2.07. The van der Waals surface area contributed by atoms with Gasteiger partial charge in [0.2, 0.25) is 5.91 Å². The third kappa shape index (κ3) is 4.21. The molecular weight excluding hydrogens is 373 g/mol. The van der Waals surface area contributed by atoms with Crippen molar-refractivity contribution in [3.8, 4) is 0 Å².